The lowest BCUT2D eigenvalue weighted by atomic mass is 9.49. The van der Waals surface area contributed by atoms with E-state index in [9.17, 15) is 19.2 Å². The van der Waals surface area contributed by atoms with Gasteiger partial charge < -0.3 is 46.5 Å². The van der Waals surface area contributed by atoms with E-state index in [0.29, 0.717) is 49.3 Å². The Morgan fingerprint density at radius 3 is 2.76 bits per heavy atom. The molecule has 14 heteroatoms. The van der Waals surface area contributed by atoms with E-state index in [1.165, 1.54) is 24.5 Å². The smallest absolute Gasteiger partial charge is 0.415 e. The summed E-state index contributed by atoms with van der Waals surface area (Å²) in [5, 5.41) is 8.07. The summed E-state index contributed by atoms with van der Waals surface area (Å²) in [4.78, 5) is 56.7. The zero-order valence-electron chi connectivity index (χ0n) is 28.4. The molecular weight excluding hydrogens is 630 g/mol. The molecule has 2 fully saturated rings. The predicted octanol–water partition coefficient (Wildman–Crippen LogP) is 1.74. The fourth-order valence-corrected chi connectivity index (χ4v) is 8.88. The van der Waals surface area contributed by atoms with Crippen molar-refractivity contribution in [2.45, 2.75) is 94.7 Å². The number of rotatable bonds is 12. The van der Waals surface area contributed by atoms with Crippen LogP contribution in [0, 0.1) is 11.8 Å². The Morgan fingerprint density at radius 1 is 1.14 bits per heavy atom. The van der Waals surface area contributed by atoms with Gasteiger partial charge in [0, 0.05) is 37.5 Å². The Labute approximate surface area is 286 Å². The number of methoxy groups -OCH3 is 1. The van der Waals surface area contributed by atoms with Crippen LogP contribution < -0.4 is 36.9 Å². The van der Waals surface area contributed by atoms with E-state index in [0.717, 1.165) is 44.3 Å². The van der Waals surface area contributed by atoms with E-state index in [1.807, 2.05) is 6.07 Å². The van der Waals surface area contributed by atoms with Gasteiger partial charge in [-0.05, 0) is 87.3 Å². The molecule has 3 aliphatic carbocycles. The fraction of sp³-hybridized carbons (Fsp3) is 0.629. The number of allylic oxidation sites excluding steroid dienone is 1. The molecular formula is C35H49N7O7. The highest BCUT2D eigenvalue weighted by Gasteiger charge is 2.63. The zero-order valence-corrected chi connectivity index (χ0v) is 28.4. The average Bonchev–Trinajstić information content (AvgIpc) is 3.43. The van der Waals surface area contributed by atoms with Gasteiger partial charge in [-0.25, -0.2) is 4.79 Å². The number of hydrogen-bond donors (Lipinski definition) is 5. The third-order valence-electron chi connectivity index (χ3n) is 11.0. The molecule has 1 saturated heterocycles. The lowest BCUT2D eigenvalue weighted by Gasteiger charge is -2.53. The Morgan fingerprint density at radius 2 is 1.98 bits per heavy atom. The fourth-order valence-electron chi connectivity index (χ4n) is 8.88. The van der Waals surface area contributed by atoms with Crippen molar-refractivity contribution in [2.24, 2.45) is 28.3 Å². The Kier molecular flexibility index (Phi) is 10.2. The minimum atomic E-state index is -0.878. The van der Waals surface area contributed by atoms with Gasteiger partial charge >= 0.3 is 6.09 Å². The number of likely N-dealkylation sites (tertiary alicyclic amines) is 1. The maximum atomic E-state index is 13.9. The predicted molar refractivity (Wildman–Crippen MR) is 181 cm³/mol. The normalized spacial score (nSPS) is 26.6. The Balaban J connectivity index is 1.13. The number of carbonyl (C=O) groups excluding carboxylic acids is 4. The third-order valence-corrected chi connectivity index (χ3v) is 11.0. The molecule has 14 nitrogen and oxygen atoms in total. The second-order valence-electron chi connectivity index (χ2n) is 13.9. The number of nitrogens with one attached hydrogen (secondary N) is 3. The van der Waals surface area contributed by atoms with Crippen molar-refractivity contribution in [1.82, 2.24) is 20.9 Å². The number of nitrogens with two attached hydrogens (primary N) is 2. The van der Waals surface area contributed by atoms with E-state index in [2.05, 4.69) is 33.1 Å². The van der Waals surface area contributed by atoms with Crippen molar-refractivity contribution in [3.05, 3.63) is 35.1 Å². The van der Waals surface area contributed by atoms with Crippen LogP contribution >= 0.6 is 0 Å². The number of nitrogens with zero attached hydrogens (tertiary/aromatic N) is 2. The standard InChI is InChI=1S/C35H49N7O7/c1-20(43)39-19-28(44)41-25(9-6-15-38-33(36)37)32(45)40-18-23-8-3-4-16-42(23)34(46)48-27-13-11-24-21-7-5-14-35(24)29-22(17-21)10-12-26(47-2)30(29)49-31(27)35/h10,12-13,21,23-25,31H,3-9,11,14-19H2,1-2H3,(H,39,43)(H,40,45)(H,41,44)(H4,36,37,38)/t21-,23-,24+,25+,31?,35+/m1/s1. The van der Waals surface area contributed by atoms with Crippen molar-refractivity contribution < 1.29 is 33.4 Å². The Hall–Kier alpha value is -4.49. The van der Waals surface area contributed by atoms with Gasteiger partial charge in [0.2, 0.25) is 17.7 Å². The molecule has 266 valence electrons. The Bertz CT molecular complexity index is 1530. The molecule has 49 heavy (non-hydrogen) atoms. The molecule has 5 aliphatic rings. The molecule has 2 heterocycles. The molecule has 7 N–H and O–H groups in total. The van der Waals surface area contributed by atoms with Crippen molar-refractivity contribution in [3.8, 4) is 11.5 Å². The molecule has 2 bridgehead atoms. The topological polar surface area (TPSA) is 200 Å². The van der Waals surface area contributed by atoms with Gasteiger partial charge in [0.1, 0.15) is 11.8 Å². The van der Waals surface area contributed by atoms with Gasteiger partial charge in [-0.3, -0.25) is 19.4 Å². The van der Waals surface area contributed by atoms with Crippen LogP contribution in [0.1, 0.15) is 75.8 Å². The number of aliphatic imine (C=N–C) groups is 1. The third kappa shape index (κ3) is 6.86. The lowest BCUT2D eigenvalue weighted by Crippen LogP contribution is -2.56. The van der Waals surface area contributed by atoms with Gasteiger partial charge in [-0.2, -0.15) is 0 Å². The number of benzene rings is 1. The van der Waals surface area contributed by atoms with Gasteiger partial charge in [0.25, 0.3) is 0 Å². The SMILES string of the molecule is COc1ccc2c3c1OC1C(OC(=O)N4CCCC[C@@H]4CNC(=O)[C@H](CCCN=C(N)N)NC(=O)CNC(C)=O)=CC[C@H]4[C@H](CCC[C@]314)C2. The number of hydrogen-bond acceptors (Lipinski definition) is 8. The second-order valence-corrected chi connectivity index (χ2v) is 13.9. The van der Waals surface area contributed by atoms with Crippen LogP contribution in [0.3, 0.4) is 0 Å². The molecule has 1 aromatic rings. The quantitative estimate of drug-likeness (QED) is 0.124. The first-order valence-corrected chi connectivity index (χ1v) is 17.5. The highest BCUT2D eigenvalue weighted by atomic mass is 16.6. The minimum Gasteiger partial charge on any atom is -0.493 e. The summed E-state index contributed by atoms with van der Waals surface area (Å²) < 4.78 is 18.7. The van der Waals surface area contributed by atoms with E-state index >= 15 is 0 Å². The minimum absolute atomic E-state index is 0.0568. The molecule has 4 amide bonds. The summed E-state index contributed by atoms with van der Waals surface area (Å²) in [5.74, 6) is 1.75. The van der Waals surface area contributed by atoms with Gasteiger partial charge in [0.15, 0.2) is 23.6 Å². The number of ether oxygens (including phenoxy) is 3. The summed E-state index contributed by atoms with van der Waals surface area (Å²) in [6, 6.07) is 3.00. The largest absolute Gasteiger partial charge is 0.493 e. The highest BCUT2D eigenvalue weighted by molar-refractivity contribution is 5.89. The molecule has 0 aromatic heterocycles. The van der Waals surface area contributed by atoms with E-state index in [1.54, 1.807) is 12.0 Å². The van der Waals surface area contributed by atoms with Crippen LogP contribution in [0.25, 0.3) is 0 Å². The lowest BCUT2D eigenvalue weighted by molar-refractivity contribution is -0.129. The summed E-state index contributed by atoms with van der Waals surface area (Å²) in [5.41, 5.74) is 13.2. The molecule has 1 saturated carbocycles. The maximum Gasteiger partial charge on any atom is 0.415 e. The molecule has 6 atom stereocenters. The van der Waals surface area contributed by atoms with E-state index in [-0.39, 0.29) is 42.8 Å². The molecule has 2 aliphatic heterocycles. The molecule has 6 rings (SSSR count). The van der Waals surface area contributed by atoms with Crippen molar-refractivity contribution in [1.29, 1.82) is 0 Å². The number of guanidine groups is 1. The highest BCUT2D eigenvalue weighted by Crippen LogP contribution is 2.65. The van der Waals surface area contributed by atoms with Crippen molar-refractivity contribution in [3.63, 3.8) is 0 Å². The summed E-state index contributed by atoms with van der Waals surface area (Å²) in [6.07, 6.45) is 9.50. The van der Waals surface area contributed by atoms with Crippen LogP contribution in [0.2, 0.25) is 0 Å². The summed E-state index contributed by atoms with van der Waals surface area (Å²) in [6.45, 7) is 2.04. The van der Waals surface area contributed by atoms with Gasteiger partial charge in [-0.1, -0.05) is 12.5 Å². The molecule has 1 aromatic carbocycles. The first-order valence-electron chi connectivity index (χ1n) is 17.5. The number of amides is 4. The van der Waals surface area contributed by atoms with Crippen LogP contribution in [-0.2, 0) is 31.0 Å². The number of piperidine rings is 1. The molecule has 0 radical (unpaired) electrons. The molecule has 1 unspecified atom stereocenters. The molecule has 1 spiro atoms. The second kappa shape index (κ2) is 14.6. The van der Waals surface area contributed by atoms with E-state index in [4.69, 9.17) is 25.7 Å². The number of carbonyl (C=O) groups is 4. The van der Waals surface area contributed by atoms with Crippen molar-refractivity contribution in [2.75, 3.05) is 33.3 Å². The van der Waals surface area contributed by atoms with Crippen LogP contribution in [0.5, 0.6) is 11.5 Å². The van der Waals surface area contributed by atoms with Gasteiger partial charge in [-0.15, -0.1) is 0 Å². The van der Waals surface area contributed by atoms with Crippen LogP contribution in [-0.4, -0.2) is 86.2 Å². The van der Waals surface area contributed by atoms with Crippen LogP contribution in [0.15, 0.2) is 29.0 Å². The van der Waals surface area contributed by atoms with Crippen molar-refractivity contribution >= 4 is 29.8 Å². The van der Waals surface area contributed by atoms with E-state index < -0.39 is 30.1 Å². The van der Waals surface area contributed by atoms with Crippen LogP contribution in [0.4, 0.5) is 4.79 Å². The monoisotopic (exact) mass is 679 g/mol. The first-order chi connectivity index (χ1) is 23.6. The van der Waals surface area contributed by atoms with Gasteiger partial charge in [0.05, 0.1) is 19.7 Å². The summed E-state index contributed by atoms with van der Waals surface area (Å²) >= 11 is 0. The maximum absolute atomic E-state index is 13.9. The summed E-state index contributed by atoms with van der Waals surface area (Å²) in [7, 11) is 1.66. The zero-order chi connectivity index (χ0) is 34.7. The first kappa shape index (κ1) is 34.4. The average molecular weight is 680 g/mol.